The molecule has 3 heteroatoms. The normalized spacial score (nSPS) is 11.1. The summed E-state index contributed by atoms with van der Waals surface area (Å²) >= 11 is 11.4. The molecule has 0 bridgehead atoms. The first kappa shape index (κ1) is 10.5. The lowest BCUT2D eigenvalue weighted by molar-refractivity contribution is 1.11. The number of aryl methyl sites for hydroxylation is 1. The average molecular weight is 290 g/mol. The van der Waals surface area contributed by atoms with Gasteiger partial charge in [0.1, 0.15) is 0 Å². The van der Waals surface area contributed by atoms with Crippen molar-refractivity contribution in [2.24, 2.45) is 0 Å². The molecule has 0 aliphatic rings. The topological polar surface area (TPSA) is 0 Å². The van der Waals surface area contributed by atoms with Gasteiger partial charge in [0.25, 0.3) is 0 Å². The molecule has 74 valence electrons. The number of benzene rings is 1. The van der Waals surface area contributed by atoms with Gasteiger partial charge in [-0.25, -0.2) is 0 Å². The zero-order valence-corrected chi connectivity index (χ0v) is 11.0. The number of rotatable bonds is 2. The van der Waals surface area contributed by atoms with E-state index in [2.05, 4.69) is 40.4 Å². The van der Waals surface area contributed by atoms with Crippen molar-refractivity contribution >= 4 is 49.0 Å². The van der Waals surface area contributed by atoms with Gasteiger partial charge in [-0.2, -0.15) is 0 Å². The second-order valence-electron chi connectivity index (χ2n) is 3.15. The van der Waals surface area contributed by atoms with Crippen LogP contribution >= 0.6 is 38.9 Å². The summed E-state index contributed by atoms with van der Waals surface area (Å²) in [4.78, 5) is 0. The van der Waals surface area contributed by atoms with Gasteiger partial charge in [-0.15, -0.1) is 22.9 Å². The van der Waals surface area contributed by atoms with E-state index in [1.54, 1.807) is 11.3 Å². The van der Waals surface area contributed by atoms with E-state index in [1.165, 1.54) is 25.7 Å². The third kappa shape index (κ3) is 1.60. The van der Waals surface area contributed by atoms with E-state index in [1.807, 2.05) is 0 Å². The highest BCUT2D eigenvalue weighted by Crippen LogP contribution is 2.34. The zero-order valence-electron chi connectivity index (χ0n) is 7.81. The third-order valence-corrected chi connectivity index (χ3v) is 4.30. The Balaban J connectivity index is 2.82. The van der Waals surface area contributed by atoms with Gasteiger partial charge in [0.05, 0.1) is 0 Å². The van der Waals surface area contributed by atoms with Crippen molar-refractivity contribution < 1.29 is 0 Å². The molecule has 0 atom stereocenters. The van der Waals surface area contributed by atoms with Gasteiger partial charge in [0, 0.05) is 20.4 Å². The quantitative estimate of drug-likeness (QED) is 0.685. The Morgan fingerprint density at radius 3 is 2.93 bits per heavy atom. The molecule has 1 heterocycles. The Morgan fingerprint density at radius 1 is 1.50 bits per heavy atom. The summed E-state index contributed by atoms with van der Waals surface area (Å²) in [6, 6.07) is 4.33. The third-order valence-electron chi connectivity index (χ3n) is 2.40. The first-order valence-corrected chi connectivity index (χ1v) is 6.72. The van der Waals surface area contributed by atoms with E-state index >= 15 is 0 Å². The Labute approximate surface area is 101 Å². The Hall–Kier alpha value is -0.0500. The van der Waals surface area contributed by atoms with Gasteiger partial charge in [0.2, 0.25) is 0 Å². The first-order valence-electron chi connectivity index (χ1n) is 4.51. The van der Waals surface area contributed by atoms with E-state index in [-0.39, 0.29) is 0 Å². The summed E-state index contributed by atoms with van der Waals surface area (Å²) < 4.78 is 2.51. The van der Waals surface area contributed by atoms with Crippen molar-refractivity contribution in [1.82, 2.24) is 0 Å². The molecular formula is C11H10BrClS. The van der Waals surface area contributed by atoms with Gasteiger partial charge >= 0.3 is 0 Å². The smallest absolute Gasteiger partial charge is 0.0491 e. The monoisotopic (exact) mass is 288 g/mol. The van der Waals surface area contributed by atoms with E-state index < -0.39 is 0 Å². The molecule has 0 saturated heterocycles. The molecule has 14 heavy (non-hydrogen) atoms. The van der Waals surface area contributed by atoms with E-state index in [4.69, 9.17) is 11.6 Å². The summed E-state index contributed by atoms with van der Waals surface area (Å²) in [6.45, 7) is 2.16. The van der Waals surface area contributed by atoms with Crippen LogP contribution in [0, 0.1) is 0 Å². The van der Waals surface area contributed by atoms with Gasteiger partial charge in [0.15, 0.2) is 0 Å². The standard InChI is InChI=1S/C11H10BrClS/c1-2-7-5-10(12)8-3-4-14-11(8)9(7)6-13/h3-5H,2,6H2,1H3. The van der Waals surface area contributed by atoms with E-state index in [0.717, 1.165) is 6.42 Å². The molecule has 0 nitrogen and oxygen atoms in total. The van der Waals surface area contributed by atoms with Crippen LogP contribution in [-0.4, -0.2) is 0 Å². The second kappa shape index (κ2) is 4.21. The first-order chi connectivity index (χ1) is 6.77. The molecule has 0 spiro atoms. The molecule has 0 amide bonds. The summed E-state index contributed by atoms with van der Waals surface area (Å²) in [5, 5.41) is 3.40. The molecule has 0 unspecified atom stereocenters. The second-order valence-corrected chi connectivity index (χ2v) is 5.18. The zero-order chi connectivity index (χ0) is 10.1. The largest absolute Gasteiger partial charge is 0.143 e. The Kier molecular flexibility index (Phi) is 3.15. The summed E-state index contributed by atoms with van der Waals surface area (Å²) in [5.41, 5.74) is 2.64. The molecule has 0 N–H and O–H groups in total. The van der Waals surface area contributed by atoms with Crippen molar-refractivity contribution in [2.45, 2.75) is 19.2 Å². The minimum atomic E-state index is 0.605. The van der Waals surface area contributed by atoms with Crippen LogP contribution in [0.5, 0.6) is 0 Å². The van der Waals surface area contributed by atoms with E-state index in [9.17, 15) is 0 Å². The predicted octanol–water partition coefficient (Wildman–Crippen LogP) is 4.97. The number of thiophene rings is 1. The SMILES string of the molecule is CCc1cc(Br)c2ccsc2c1CCl. The lowest BCUT2D eigenvalue weighted by Gasteiger charge is -2.07. The summed E-state index contributed by atoms with van der Waals surface area (Å²) in [5.74, 6) is 0.605. The molecule has 0 aliphatic heterocycles. The summed E-state index contributed by atoms with van der Waals surface area (Å²) in [7, 11) is 0. The van der Waals surface area contributed by atoms with Crippen LogP contribution in [0.15, 0.2) is 22.0 Å². The van der Waals surface area contributed by atoms with E-state index in [0.29, 0.717) is 5.88 Å². The van der Waals surface area contributed by atoms with Gasteiger partial charge in [-0.05, 0) is 35.1 Å². The van der Waals surface area contributed by atoms with Gasteiger partial charge < -0.3 is 0 Å². The van der Waals surface area contributed by atoms with Crippen molar-refractivity contribution in [2.75, 3.05) is 0 Å². The fraction of sp³-hybridized carbons (Fsp3) is 0.273. The van der Waals surface area contributed by atoms with Crippen molar-refractivity contribution in [3.05, 3.63) is 33.1 Å². The van der Waals surface area contributed by atoms with Gasteiger partial charge in [-0.1, -0.05) is 22.9 Å². The molecule has 2 aromatic rings. The fourth-order valence-corrected chi connectivity index (χ4v) is 3.77. The van der Waals surface area contributed by atoms with Crippen LogP contribution < -0.4 is 0 Å². The van der Waals surface area contributed by atoms with Crippen LogP contribution in [0.25, 0.3) is 10.1 Å². The Bertz CT molecular complexity index is 462. The number of halogens is 2. The molecule has 1 aromatic carbocycles. The summed E-state index contributed by atoms with van der Waals surface area (Å²) in [6.07, 6.45) is 1.04. The number of hydrogen-bond acceptors (Lipinski definition) is 1. The lowest BCUT2D eigenvalue weighted by Crippen LogP contribution is -1.90. The maximum Gasteiger partial charge on any atom is 0.0491 e. The van der Waals surface area contributed by atoms with Gasteiger partial charge in [-0.3, -0.25) is 0 Å². The average Bonchev–Trinajstić information content (AvgIpc) is 2.66. The lowest BCUT2D eigenvalue weighted by atomic mass is 10.0. The highest BCUT2D eigenvalue weighted by molar-refractivity contribution is 9.10. The highest BCUT2D eigenvalue weighted by Gasteiger charge is 2.09. The molecular weight excluding hydrogens is 280 g/mol. The molecule has 2 rings (SSSR count). The van der Waals surface area contributed by atoms with Crippen LogP contribution in [0.4, 0.5) is 0 Å². The number of fused-ring (bicyclic) bond motifs is 1. The maximum atomic E-state index is 5.99. The number of alkyl halides is 1. The van der Waals surface area contributed by atoms with Crippen LogP contribution in [-0.2, 0) is 12.3 Å². The van der Waals surface area contributed by atoms with Crippen molar-refractivity contribution in [3.63, 3.8) is 0 Å². The molecule has 0 saturated carbocycles. The molecule has 1 aromatic heterocycles. The van der Waals surface area contributed by atoms with Crippen molar-refractivity contribution in [3.8, 4) is 0 Å². The van der Waals surface area contributed by atoms with Crippen LogP contribution in [0.2, 0.25) is 0 Å². The minimum absolute atomic E-state index is 0.605. The fourth-order valence-electron chi connectivity index (χ4n) is 1.66. The predicted molar refractivity (Wildman–Crippen MR) is 68.5 cm³/mol. The van der Waals surface area contributed by atoms with Crippen molar-refractivity contribution in [1.29, 1.82) is 0 Å². The molecule has 0 radical (unpaired) electrons. The molecule has 0 aliphatic carbocycles. The Morgan fingerprint density at radius 2 is 2.29 bits per heavy atom. The minimum Gasteiger partial charge on any atom is -0.143 e. The van der Waals surface area contributed by atoms with Crippen LogP contribution in [0.3, 0.4) is 0 Å². The number of hydrogen-bond donors (Lipinski definition) is 0. The maximum absolute atomic E-state index is 5.99. The molecule has 0 fully saturated rings. The van der Waals surface area contributed by atoms with Crippen LogP contribution in [0.1, 0.15) is 18.1 Å². The highest BCUT2D eigenvalue weighted by atomic mass is 79.9.